The second kappa shape index (κ2) is 10.1. The number of carbonyl (C=O) groups excluding carboxylic acids is 2. The molecule has 2 N–H and O–H groups in total. The van der Waals surface area contributed by atoms with Gasteiger partial charge in [-0.15, -0.1) is 0 Å². The number of ether oxygens (including phenoxy) is 2. The van der Waals surface area contributed by atoms with Gasteiger partial charge in [-0.1, -0.05) is 48.6 Å². The van der Waals surface area contributed by atoms with Gasteiger partial charge in [0.2, 0.25) is 0 Å². The second-order valence-corrected chi connectivity index (χ2v) is 5.25. The number of rotatable bonds is 7. The van der Waals surface area contributed by atoms with Crippen molar-refractivity contribution in [3.8, 4) is 0 Å². The Bertz CT molecular complexity index is 596. The number of carbonyl (C=O) groups is 2. The lowest BCUT2D eigenvalue weighted by molar-refractivity contribution is 0.138. The zero-order valence-electron chi connectivity index (χ0n) is 13.5. The van der Waals surface area contributed by atoms with E-state index in [1.165, 1.54) is 0 Å². The van der Waals surface area contributed by atoms with E-state index in [0.29, 0.717) is 0 Å². The predicted octanol–water partition coefficient (Wildman–Crippen LogP) is 2.92. The van der Waals surface area contributed by atoms with Crippen molar-refractivity contribution in [3.05, 3.63) is 59.7 Å². The number of allylic oxidation sites excluding steroid dienone is 2. The summed E-state index contributed by atoms with van der Waals surface area (Å²) >= 11 is 0. The third-order valence-electron chi connectivity index (χ3n) is 3.32. The number of hydrogen-bond acceptors (Lipinski definition) is 4. The Balaban J connectivity index is 1.50. The van der Waals surface area contributed by atoms with Gasteiger partial charge in [-0.2, -0.15) is 0 Å². The fourth-order valence-corrected chi connectivity index (χ4v) is 2.08. The molecule has 6 nitrogen and oxygen atoms in total. The first-order valence-electron chi connectivity index (χ1n) is 7.95. The van der Waals surface area contributed by atoms with Crippen molar-refractivity contribution in [1.29, 1.82) is 0 Å². The van der Waals surface area contributed by atoms with Crippen molar-refractivity contribution in [2.75, 3.05) is 19.7 Å². The summed E-state index contributed by atoms with van der Waals surface area (Å²) in [7, 11) is 0. The van der Waals surface area contributed by atoms with Gasteiger partial charge in [-0.25, -0.2) is 9.59 Å². The second-order valence-electron chi connectivity index (χ2n) is 5.25. The van der Waals surface area contributed by atoms with Gasteiger partial charge >= 0.3 is 12.2 Å². The van der Waals surface area contributed by atoms with Crippen LogP contribution in [0.3, 0.4) is 0 Å². The summed E-state index contributed by atoms with van der Waals surface area (Å²) in [5.74, 6) is 0. The highest BCUT2D eigenvalue weighted by Gasteiger charge is 2.05. The third kappa shape index (κ3) is 7.00. The fourth-order valence-electron chi connectivity index (χ4n) is 2.08. The lowest BCUT2D eigenvalue weighted by Crippen LogP contribution is -2.35. The van der Waals surface area contributed by atoms with Crippen LogP contribution in [0.15, 0.2) is 54.1 Å². The SMILES string of the molecule is O=C(NCCNC(=O)OCc1ccccc1)OCC1=CCCC=C1. The van der Waals surface area contributed by atoms with E-state index >= 15 is 0 Å². The molecular weight excluding hydrogens is 308 g/mol. The van der Waals surface area contributed by atoms with Crippen LogP contribution in [0.2, 0.25) is 0 Å². The average molecular weight is 330 g/mol. The van der Waals surface area contributed by atoms with Crippen LogP contribution >= 0.6 is 0 Å². The van der Waals surface area contributed by atoms with Crippen LogP contribution in [-0.2, 0) is 16.1 Å². The van der Waals surface area contributed by atoms with Crippen LogP contribution in [0, 0.1) is 0 Å². The van der Waals surface area contributed by atoms with Crippen molar-refractivity contribution in [2.45, 2.75) is 19.4 Å². The largest absolute Gasteiger partial charge is 0.445 e. The topological polar surface area (TPSA) is 76.7 Å². The molecule has 0 aromatic heterocycles. The predicted molar refractivity (Wildman–Crippen MR) is 90.4 cm³/mol. The number of hydrogen-bond donors (Lipinski definition) is 2. The molecule has 0 heterocycles. The summed E-state index contributed by atoms with van der Waals surface area (Å²) in [5, 5.41) is 5.13. The first-order valence-corrected chi connectivity index (χ1v) is 7.95. The van der Waals surface area contributed by atoms with E-state index in [9.17, 15) is 9.59 Å². The Hall–Kier alpha value is -2.76. The number of benzene rings is 1. The summed E-state index contributed by atoms with van der Waals surface area (Å²) < 4.78 is 10.1. The maximum absolute atomic E-state index is 11.5. The summed E-state index contributed by atoms with van der Waals surface area (Å²) in [6.07, 6.45) is 7.05. The lowest BCUT2D eigenvalue weighted by Gasteiger charge is -2.10. The summed E-state index contributed by atoms with van der Waals surface area (Å²) in [5.41, 5.74) is 1.92. The molecule has 6 heteroatoms. The molecule has 0 aliphatic heterocycles. The number of nitrogens with one attached hydrogen (secondary N) is 2. The average Bonchev–Trinajstić information content (AvgIpc) is 2.63. The zero-order valence-corrected chi connectivity index (χ0v) is 13.5. The molecule has 2 rings (SSSR count). The Morgan fingerprint density at radius 2 is 1.58 bits per heavy atom. The molecule has 1 aromatic rings. The molecule has 1 aromatic carbocycles. The number of amides is 2. The molecular formula is C18H22N2O4. The van der Waals surface area contributed by atoms with Crippen LogP contribution in [0.5, 0.6) is 0 Å². The van der Waals surface area contributed by atoms with Crippen LogP contribution in [0.1, 0.15) is 18.4 Å². The zero-order chi connectivity index (χ0) is 17.0. The standard InChI is InChI=1S/C18H22N2O4/c21-17(23-13-15-7-3-1-4-8-15)19-11-12-20-18(22)24-14-16-9-5-2-6-10-16/h1,3-5,7-10H,2,6,11-14H2,(H,19,21)(H,20,22). The van der Waals surface area contributed by atoms with Crippen LogP contribution < -0.4 is 10.6 Å². The van der Waals surface area contributed by atoms with Gasteiger partial charge in [0.25, 0.3) is 0 Å². The van der Waals surface area contributed by atoms with E-state index in [-0.39, 0.29) is 26.3 Å². The third-order valence-corrected chi connectivity index (χ3v) is 3.32. The first kappa shape index (κ1) is 17.6. The van der Waals surface area contributed by atoms with Crippen molar-refractivity contribution >= 4 is 12.2 Å². The minimum atomic E-state index is -0.522. The molecule has 0 spiro atoms. The molecule has 0 unspecified atom stereocenters. The highest BCUT2D eigenvalue weighted by atomic mass is 16.6. The molecule has 2 amide bonds. The molecule has 0 fully saturated rings. The van der Waals surface area contributed by atoms with Crippen LogP contribution in [-0.4, -0.2) is 31.9 Å². The Labute approximate surface area is 141 Å². The van der Waals surface area contributed by atoms with Crippen molar-refractivity contribution in [1.82, 2.24) is 10.6 Å². The smallest absolute Gasteiger partial charge is 0.407 e. The van der Waals surface area contributed by atoms with Gasteiger partial charge < -0.3 is 20.1 Å². The fraction of sp³-hybridized carbons (Fsp3) is 0.333. The monoisotopic (exact) mass is 330 g/mol. The first-order chi connectivity index (χ1) is 11.7. The lowest BCUT2D eigenvalue weighted by atomic mass is 10.1. The van der Waals surface area contributed by atoms with Crippen molar-refractivity contribution < 1.29 is 19.1 Å². The minimum absolute atomic E-state index is 0.213. The Morgan fingerprint density at radius 1 is 0.917 bits per heavy atom. The molecule has 0 atom stereocenters. The van der Waals surface area contributed by atoms with Gasteiger partial charge in [0.15, 0.2) is 0 Å². The number of alkyl carbamates (subject to hydrolysis) is 2. The van der Waals surface area contributed by atoms with Gasteiger partial charge in [-0.3, -0.25) is 0 Å². The minimum Gasteiger partial charge on any atom is -0.445 e. The van der Waals surface area contributed by atoms with E-state index in [2.05, 4.69) is 22.8 Å². The molecule has 1 aliphatic carbocycles. The molecule has 0 radical (unpaired) electrons. The summed E-state index contributed by atoms with van der Waals surface area (Å²) in [6.45, 7) is 1.01. The highest BCUT2D eigenvalue weighted by molar-refractivity contribution is 5.68. The van der Waals surface area contributed by atoms with Crippen LogP contribution in [0.25, 0.3) is 0 Å². The van der Waals surface area contributed by atoms with E-state index < -0.39 is 12.2 Å². The molecule has 128 valence electrons. The van der Waals surface area contributed by atoms with E-state index in [1.807, 2.05) is 36.4 Å². The molecule has 24 heavy (non-hydrogen) atoms. The molecule has 0 bridgehead atoms. The normalized spacial score (nSPS) is 12.9. The summed E-state index contributed by atoms with van der Waals surface area (Å²) in [6, 6.07) is 9.41. The Kier molecular flexibility index (Phi) is 7.40. The van der Waals surface area contributed by atoms with Crippen molar-refractivity contribution in [2.24, 2.45) is 0 Å². The maximum Gasteiger partial charge on any atom is 0.407 e. The van der Waals surface area contributed by atoms with E-state index in [4.69, 9.17) is 9.47 Å². The quantitative estimate of drug-likeness (QED) is 0.754. The molecule has 1 aliphatic rings. The Morgan fingerprint density at radius 3 is 2.21 bits per heavy atom. The molecule has 0 saturated heterocycles. The highest BCUT2D eigenvalue weighted by Crippen LogP contribution is 2.09. The maximum atomic E-state index is 11.5. The van der Waals surface area contributed by atoms with Crippen molar-refractivity contribution in [3.63, 3.8) is 0 Å². The van der Waals surface area contributed by atoms with Gasteiger partial charge in [0, 0.05) is 13.1 Å². The van der Waals surface area contributed by atoms with Crippen LogP contribution in [0.4, 0.5) is 9.59 Å². The van der Waals surface area contributed by atoms with E-state index in [1.54, 1.807) is 0 Å². The molecule has 0 saturated carbocycles. The van der Waals surface area contributed by atoms with Gasteiger partial charge in [-0.05, 0) is 24.0 Å². The summed E-state index contributed by atoms with van der Waals surface area (Å²) in [4.78, 5) is 23.0. The van der Waals surface area contributed by atoms with Gasteiger partial charge in [0.1, 0.15) is 13.2 Å². The van der Waals surface area contributed by atoms with Gasteiger partial charge in [0.05, 0.1) is 0 Å². The van der Waals surface area contributed by atoms with E-state index in [0.717, 1.165) is 24.0 Å².